The zero-order valence-corrected chi connectivity index (χ0v) is 10.8. The molecule has 1 rings (SSSR count). The van der Waals surface area contributed by atoms with Gasteiger partial charge in [0.1, 0.15) is 6.04 Å². The third-order valence-corrected chi connectivity index (χ3v) is 2.66. The van der Waals surface area contributed by atoms with Crippen molar-refractivity contribution in [2.45, 2.75) is 19.4 Å². The topological polar surface area (TPSA) is 104 Å². The van der Waals surface area contributed by atoms with E-state index in [-0.39, 0.29) is 10.6 Å². The molecule has 0 saturated carbocycles. The number of aryl methyl sites for hydroxylation is 1. The molecule has 0 aliphatic rings. The van der Waals surface area contributed by atoms with Gasteiger partial charge in [-0.25, -0.2) is 4.79 Å². The fraction of sp³-hybridized carbons (Fsp3) is 0.250. The van der Waals surface area contributed by atoms with E-state index in [1.165, 1.54) is 6.07 Å². The Morgan fingerprint density at radius 3 is 2.42 bits per heavy atom. The van der Waals surface area contributed by atoms with E-state index in [0.29, 0.717) is 0 Å². The van der Waals surface area contributed by atoms with Gasteiger partial charge in [0.2, 0.25) is 0 Å². The molecule has 1 unspecified atom stereocenters. The van der Waals surface area contributed by atoms with Crippen molar-refractivity contribution in [2.75, 3.05) is 0 Å². The summed E-state index contributed by atoms with van der Waals surface area (Å²) in [6.45, 7) is 1.79. The molecule has 0 fully saturated rings. The first kappa shape index (κ1) is 15.0. The van der Waals surface area contributed by atoms with E-state index in [9.17, 15) is 14.4 Å². The second kappa shape index (κ2) is 6.19. The third kappa shape index (κ3) is 4.26. The fourth-order valence-corrected chi connectivity index (χ4v) is 1.74. The maximum atomic E-state index is 11.8. The predicted octanol–water partition coefficient (Wildman–Crippen LogP) is 1.31. The number of carbonyl (C=O) groups is 3. The molecule has 0 spiro atoms. The van der Waals surface area contributed by atoms with Gasteiger partial charge in [-0.2, -0.15) is 0 Å². The number of halogens is 1. The van der Waals surface area contributed by atoms with Gasteiger partial charge in [-0.1, -0.05) is 17.7 Å². The minimum atomic E-state index is -1.50. The Labute approximate surface area is 114 Å². The Hall–Kier alpha value is -2.08. The molecular weight excluding hydrogens is 274 g/mol. The third-order valence-electron chi connectivity index (χ3n) is 2.35. The zero-order chi connectivity index (χ0) is 14.6. The quantitative estimate of drug-likeness (QED) is 0.756. The monoisotopic (exact) mass is 285 g/mol. The number of aliphatic carboxylic acids is 2. The maximum absolute atomic E-state index is 11.8. The van der Waals surface area contributed by atoms with Crippen LogP contribution >= 0.6 is 11.6 Å². The molecule has 6 nitrogen and oxygen atoms in total. The second-order valence-electron chi connectivity index (χ2n) is 3.95. The standard InChI is InChI=1S/C12H12ClNO5/c1-6-2-3-7(8(13)4-6)11(17)14-9(12(18)19)5-10(15)16/h2-4,9H,5H2,1H3,(H,14,17)(H,15,16)(H,18,19). The van der Waals surface area contributed by atoms with Gasteiger partial charge in [-0.15, -0.1) is 0 Å². The van der Waals surface area contributed by atoms with Crippen molar-refractivity contribution < 1.29 is 24.6 Å². The SMILES string of the molecule is Cc1ccc(C(=O)NC(CC(=O)O)C(=O)O)c(Cl)c1. The summed E-state index contributed by atoms with van der Waals surface area (Å²) in [6, 6.07) is 3.16. The van der Waals surface area contributed by atoms with Crippen LogP contribution in [-0.4, -0.2) is 34.1 Å². The normalized spacial score (nSPS) is 11.7. The molecule has 1 aromatic carbocycles. The summed E-state index contributed by atoms with van der Waals surface area (Å²) in [7, 11) is 0. The van der Waals surface area contributed by atoms with Crippen LogP contribution in [0.3, 0.4) is 0 Å². The number of amides is 1. The van der Waals surface area contributed by atoms with E-state index >= 15 is 0 Å². The summed E-state index contributed by atoms with van der Waals surface area (Å²) in [5.41, 5.74) is 0.950. The number of carboxylic acids is 2. The van der Waals surface area contributed by atoms with Crippen LogP contribution in [0.4, 0.5) is 0 Å². The highest BCUT2D eigenvalue weighted by molar-refractivity contribution is 6.34. The molecule has 0 aliphatic carbocycles. The van der Waals surface area contributed by atoms with Gasteiger partial charge in [0.15, 0.2) is 0 Å². The molecule has 19 heavy (non-hydrogen) atoms. The lowest BCUT2D eigenvalue weighted by Crippen LogP contribution is -2.42. The minimum Gasteiger partial charge on any atom is -0.481 e. The summed E-state index contributed by atoms with van der Waals surface area (Å²) < 4.78 is 0. The van der Waals surface area contributed by atoms with Gasteiger partial charge >= 0.3 is 11.9 Å². The maximum Gasteiger partial charge on any atom is 0.326 e. The Balaban J connectivity index is 2.87. The van der Waals surface area contributed by atoms with Crippen molar-refractivity contribution in [1.82, 2.24) is 5.32 Å². The number of hydrogen-bond donors (Lipinski definition) is 3. The molecular formula is C12H12ClNO5. The largest absolute Gasteiger partial charge is 0.481 e. The second-order valence-corrected chi connectivity index (χ2v) is 4.35. The Kier molecular flexibility index (Phi) is 4.88. The lowest BCUT2D eigenvalue weighted by atomic mass is 10.1. The highest BCUT2D eigenvalue weighted by Crippen LogP contribution is 2.17. The summed E-state index contributed by atoms with van der Waals surface area (Å²) >= 11 is 5.87. The van der Waals surface area contributed by atoms with E-state index in [0.717, 1.165) is 5.56 Å². The molecule has 0 radical (unpaired) electrons. The molecule has 3 N–H and O–H groups in total. The van der Waals surface area contributed by atoms with Crippen molar-refractivity contribution in [1.29, 1.82) is 0 Å². The molecule has 0 aliphatic heterocycles. The van der Waals surface area contributed by atoms with Crippen molar-refractivity contribution in [3.05, 3.63) is 34.3 Å². The molecule has 0 heterocycles. The van der Waals surface area contributed by atoms with Crippen molar-refractivity contribution >= 4 is 29.4 Å². The number of nitrogens with one attached hydrogen (secondary N) is 1. The number of carboxylic acid groups (broad SMARTS) is 2. The smallest absolute Gasteiger partial charge is 0.326 e. The molecule has 0 aromatic heterocycles. The highest BCUT2D eigenvalue weighted by atomic mass is 35.5. The molecule has 102 valence electrons. The van der Waals surface area contributed by atoms with Crippen LogP contribution in [0, 0.1) is 6.92 Å². The highest BCUT2D eigenvalue weighted by Gasteiger charge is 2.24. The lowest BCUT2D eigenvalue weighted by Gasteiger charge is -2.13. The summed E-state index contributed by atoms with van der Waals surface area (Å²) in [5.74, 6) is -3.46. The first-order valence-corrected chi connectivity index (χ1v) is 5.70. The molecule has 1 atom stereocenters. The first-order chi connectivity index (χ1) is 8.81. The van der Waals surface area contributed by atoms with E-state index in [1.54, 1.807) is 19.1 Å². The van der Waals surface area contributed by atoms with Gasteiger partial charge < -0.3 is 15.5 Å². The van der Waals surface area contributed by atoms with Crippen molar-refractivity contribution in [2.24, 2.45) is 0 Å². The van der Waals surface area contributed by atoms with Crippen molar-refractivity contribution in [3.63, 3.8) is 0 Å². The Morgan fingerprint density at radius 2 is 1.95 bits per heavy atom. The van der Waals surface area contributed by atoms with Gasteiger partial charge in [0, 0.05) is 0 Å². The van der Waals surface area contributed by atoms with Crippen molar-refractivity contribution in [3.8, 4) is 0 Å². The summed E-state index contributed by atoms with van der Waals surface area (Å²) in [4.78, 5) is 33.2. The van der Waals surface area contributed by atoms with Gasteiger partial charge in [-0.3, -0.25) is 9.59 Å². The number of hydrogen-bond acceptors (Lipinski definition) is 3. The minimum absolute atomic E-state index is 0.101. The van der Waals surface area contributed by atoms with Crippen LogP contribution in [0.2, 0.25) is 5.02 Å². The summed E-state index contributed by atoms with van der Waals surface area (Å²) in [5, 5.41) is 19.7. The van der Waals surface area contributed by atoms with E-state index in [2.05, 4.69) is 5.32 Å². The molecule has 0 saturated heterocycles. The van der Waals surface area contributed by atoms with E-state index in [4.69, 9.17) is 21.8 Å². The number of rotatable bonds is 5. The molecule has 7 heteroatoms. The number of carbonyl (C=O) groups excluding carboxylic acids is 1. The predicted molar refractivity (Wildman–Crippen MR) is 67.3 cm³/mol. The first-order valence-electron chi connectivity index (χ1n) is 5.33. The van der Waals surface area contributed by atoms with Gasteiger partial charge in [-0.05, 0) is 24.6 Å². The van der Waals surface area contributed by atoms with Crippen LogP contribution in [0.25, 0.3) is 0 Å². The molecule has 1 amide bonds. The van der Waals surface area contributed by atoms with Crippen LogP contribution < -0.4 is 5.32 Å². The fourth-order valence-electron chi connectivity index (χ4n) is 1.41. The Morgan fingerprint density at radius 1 is 1.32 bits per heavy atom. The van der Waals surface area contributed by atoms with Gasteiger partial charge in [0.05, 0.1) is 17.0 Å². The average Bonchev–Trinajstić information content (AvgIpc) is 2.26. The van der Waals surface area contributed by atoms with Crippen LogP contribution in [0.5, 0.6) is 0 Å². The zero-order valence-electron chi connectivity index (χ0n) is 10.0. The van der Waals surface area contributed by atoms with E-state index < -0.39 is 30.3 Å². The van der Waals surface area contributed by atoms with Crippen LogP contribution in [0.15, 0.2) is 18.2 Å². The number of benzene rings is 1. The van der Waals surface area contributed by atoms with Crippen LogP contribution in [0.1, 0.15) is 22.3 Å². The van der Waals surface area contributed by atoms with E-state index in [1.807, 2.05) is 0 Å². The molecule has 0 bridgehead atoms. The lowest BCUT2D eigenvalue weighted by molar-refractivity contribution is -0.145. The van der Waals surface area contributed by atoms with Gasteiger partial charge in [0.25, 0.3) is 5.91 Å². The van der Waals surface area contributed by atoms with Crippen LogP contribution in [-0.2, 0) is 9.59 Å². The Bertz CT molecular complexity index is 529. The average molecular weight is 286 g/mol. The summed E-state index contributed by atoms with van der Waals surface area (Å²) in [6.07, 6.45) is -0.704. The molecule has 1 aromatic rings.